The molecule has 0 amide bonds. The van der Waals surface area contributed by atoms with Gasteiger partial charge in [-0.1, -0.05) is 11.6 Å². The van der Waals surface area contributed by atoms with E-state index in [1.165, 1.54) is 6.92 Å². The van der Waals surface area contributed by atoms with Gasteiger partial charge in [-0.2, -0.15) is 0 Å². The number of rotatable bonds is 1. The van der Waals surface area contributed by atoms with Gasteiger partial charge in [-0.3, -0.25) is 14.2 Å². The van der Waals surface area contributed by atoms with E-state index in [4.69, 9.17) is 11.6 Å². The van der Waals surface area contributed by atoms with Gasteiger partial charge in [0.05, 0.1) is 6.20 Å². The van der Waals surface area contributed by atoms with E-state index < -0.39 is 0 Å². The van der Waals surface area contributed by atoms with Crippen LogP contribution >= 0.6 is 11.6 Å². The highest BCUT2D eigenvalue weighted by atomic mass is 35.5. The summed E-state index contributed by atoms with van der Waals surface area (Å²) < 4.78 is 1.62. The Morgan fingerprint density at radius 2 is 2.38 bits per heavy atom. The Labute approximate surface area is 79.2 Å². The smallest absolute Gasteiger partial charge is 0.181 e. The minimum atomic E-state index is -0.145. The van der Waals surface area contributed by atoms with Crippen LogP contribution in [0.25, 0.3) is 5.65 Å². The topological polar surface area (TPSA) is 47.3 Å². The highest BCUT2D eigenvalue weighted by molar-refractivity contribution is 6.32. The first-order chi connectivity index (χ1) is 6.20. The molecule has 0 aliphatic carbocycles. The monoisotopic (exact) mass is 195 g/mol. The fourth-order valence-electron chi connectivity index (χ4n) is 1.10. The van der Waals surface area contributed by atoms with E-state index in [1.54, 1.807) is 23.0 Å². The SMILES string of the molecule is CC(=O)c1nc2cnccn2c1Cl. The van der Waals surface area contributed by atoms with Crippen LogP contribution in [0.2, 0.25) is 5.15 Å². The number of Topliss-reactive ketones (excluding diaryl/α,β-unsaturated/α-hetero) is 1. The van der Waals surface area contributed by atoms with E-state index in [0.717, 1.165) is 0 Å². The zero-order valence-corrected chi connectivity index (χ0v) is 7.62. The summed E-state index contributed by atoms with van der Waals surface area (Å²) in [4.78, 5) is 19.0. The summed E-state index contributed by atoms with van der Waals surface area (Å²) in [5, 5.41) is 0.338. The summed E-state index contributed by atoms with van der Waals surface area (Å²) in [5.74, 6) is -0.145. The lowest BCUT2D eigenvalue weighted by Gasteiger charge is -1.91. The van der Waals surface area contributed by atoms with Gasteiger partial charge in [0, 0.05) is 19.3 Å². The van der Waals surface area contributed by atoms with Crippen molar-refractivity contribution in [2.24, 2.45) is 0 Å². The second kappa shape index (κ2) is 2.81. The van der Waals surface area contributed by atoms with Crippen LogP contribution in [0, 0.1) is 0 Å². The normalized spacial score (nSPS) is 10.6. The fourth-order valence-corrected chi connectivity index (χ4v) is 1.42. The van der Waals surface area contributed by atoms with Crippen LogP contribution in [0.15, 0.2) is 18.6 Å². The molecule has 2 heterocycles. The van der Waals surface area contributed by atoms with Crippen molar-refractivity contribution in [3.05, 3.63) is 29.4 Å². The molecule has 13 heavy (non-hydrogen) atoms. The molecule has 0 radical (unpaired) electrons. The third kappa shape index (κ3) is 1.19. The largest absolute Gasteiger partial charge is 0.293 e. The molecule has 5 heteroatoms. The fraction of sp³-hybridized carbons (Fsp3) is 0.125. The van der Waals surface area contributed by atoms with Gasteiger partial charge in [0.25, 0.3) is 0 Å². The minimum absolute atomic E-state index is 0.145. The number of carbonyl (C=O) groups is 1. The molecule has 66 valence electrons. The standard InChI is InChI=1S/C8H6ClN3O/c1-5(13)7-8(9)12-3-2-10-4-6(12)11-7/h2-4H,1H3. The summed E-state index contributed by atoms with van der Waals surface area (Å²) in [7, 11) is 0. The van der Waals surface area contributed by atoms with E-state index in [0.29, 0.717) is 10.8 Å². The Morgan fingerprint density at radius 1 is 1.62 bits per heavy atom. The van der Waals surface area contributed by atoms with E-state index >= 15 is 0 Å². The predicted octanol–water partition coefficient (Wildman–Crippen LogP) is 1.59. The highest BCUT2D eigenvalue weighted by Crippen LogP contribution is 2.17. The van der Waals surface area contributed by atoms with Gasteiger partial charge in [-0.15, -0.1) is 0 Å². The Hall–Kier alpha value is -1.42. The van der Waals surface area contributed by atoms with Crippen LogP contribution in [0.3, 0.4) is 0 Å². The van der Waals surface area contributed by atoms with E-state index in [9.17, 15) is 4.79 Å². The zero-order chi connectivity index (χ0) is 9.42. The second-order valence-corrected chi connectivity index (χ2v) is 2.97. The van der Waals surface area contributed by atoms with Crippen molar-refractivity contribution >= 4 is 23.0 Å². The van der Waals surface area contributed by atoms with Crippen LogP contribution in [-0.4, -0.2) is 20.2 Å². The number of halogens is 1. The molecule has 0 aliphatic rings. The summed E-state index contributed by atoms with van der Waals surface area (Å²) in [5.41, 5.74) is 0.868. The van der Waals surface area contributed by atoms with Gasteiger partial charge in [0.15, 0.2) is 11.4 Å². The molecule has 0 unspecified atom stereocenters. The number of fused-ring (bicyclic) bond motifs is 1. The van der Waals surface area contributed by atoms with Crippen molar-refractivity contribution in [2.75, 3.05) is 0 Å². The van der Waals surface area contributed by atoms with Gasteiger partial charge in [0.2, 0.25) is 0 Å². The van der Waals surface area contributed by atoms with Crippen molar-refractivity contribution in [2.45, 2.75) is 6.92 Å². The first-order valence-electron chi connectivity index (χ1n) is 3.68. The quantitative estimate of drug-likeness (QED) is 0.650. The van der Waals surface area contributed by atoms with Crippen molar-refractivity contribution in [3.63, 3.8) is 0 Å². The number of carbonyl (C=O) groups excluding carboxylic acids is 1. The number of imidazole rings is 1. The highest BCUT2D eigenvalue weighted by Gasteiger charge is 2.12. The second-order valence-electron chi connectivity index (χ2n) is 2.61. The molecule has 0 saturated heterocycles. The molecule has 0 aliphatic heterocycles. The van der Waals surface area contributed by atoms with Crippen LogP contribution in [0.1, 0.15) is 17.4 Å². The lowest BCUT2D eigenvalue weighted by molar-refractivity contribution is 0.101. The molecular formula is C8H6ClN3O. The Balaban J connectivity index is 2.81. The molecule has 2 aromatic rings. The Bertz CT molecular complexity index is 477. The molecule has 0 fully saturated rings. The summed E-state index contributed by atoms with van der Waals surface area (Å²) >= 11 is 5.90. The van der Waals surface area contributed by atoms with E-state index in [-0.39, 0.29) is 11.5 Å². The third-order valence-corrected chi connectivity index (χ3v) is 2.07. The maximum Gasteiger partial charge on any atom is 0.181 e. The molecular weight excluding hydrogens is 190 g/mol. The average molecular weight is 196 g/mol. The van der Waals surface area contributed by atoms with Gasteiger partial charge >= 0.3 is 0 Å². The lowest BCUT2D eigenvalue weighted by Crippen LogP contribution is -1.92. The third-order valence-electron chi connectivity index (χ3n) is 1.71. The van der Waals surface area contributed by atoms with Crippen molar-refractivity contribution in [3.8, 4) is 0 Å². The number of hydrogen-bond donors (Lipinski definition) is 0. The van der Waals surface area contributed by atoms with Crippen molar-refractivity contribution in [1.29, 1.82) is 0 Å². The van der Waals surface area contributed by atoms with Gasteiger partial charge in [-0.05, 0) is 0 Å². The number of hydrogen-bond acceptors (Lipinski definition) is 3. The number of aromatic nitrogens is 3. The molecule has 0 saturated carbocycles. The maximum atomic E-state index is 11.1. The molecule has 2 rings (SSSR count). The van der Waals surface area contributed by atoms with Crippen molar-refractivity contribution in [1.82, 2.24) is 14.4 Å². The van der Waals surface area contributed by atoms with Crippen molar-refractivity contribution < 1.29 is 4.79 Å². The Kier molecular flexibility index (Phi) is 1.77. The lowest BCUT2D eigenvalue weighted by atomic mass is 10.3. The van der Waals surface area contributed by atoms with Crippen LogP contribution in [0.4, 0.5) is 0 Å². The van der Waals surface area contributed by atoms with E-state index in [2.05, 4.69) is 9.97 Å². The molecule has 0 spiro atoms. The number of ketones is 1. The average Bonchev–Trinajstić information content (AvgIpc) is 2.45. The van der Waals surface area contributed by atoms with Gasteiger partial charge in [0.1, 0.15) is 10.8 Å². The molecule has 4 nitrogen and oxygen atoms in total. The van der Waals surface area contributed by atoms with Gasteiger partial charge in [-0.25, -0.2) is 4.98 Å². The molecule has 0 atom stereocenters. The summed E-state index contributed by atoms with van der Waals surface area (Å²) in [6, 6.07) is 0. The van der Waals surface area contributed by atoms with Crippen LogP contribution in [0.5, 0.6) is 0 Å². The van der Waals surface area contributed by atoms with E-state index in [1.807, 2.05) is 0 Å². The number of nitrogens with zero attached hydrogens (tertiary/aromatic N) is 3. The summed E-state index contributed by atoms with van der Waals surface area (Å²) in [6.07, 6.45) is 4.81. The van der Waals surface area contributed by atoms with Crippen LogP contribution in [-0.2, 0) is 0 Å². The zero-order valence-electron chi connectivity index (χ0n) is 6.86. The summed E-state index contributed by atoms with van der Waals surface area (Å²) in [6.45, 7) is 1.43. The van der Waals surface area contributed by atoms with Gasteiger partial charge < -0.3 is 0 Å². The molecule has 0 N–H and O–H groups in total. The Morgan fingerprint density at radius 3 is 3.00 bits per heavy atom. The predicted molar refractivity (Wildman–Crippen MR) is 48.0 cm³/mol. The molecule has 0 aromatic carbocycles. The maximum absolute atomic E-state index is 11.1. The van der Waals surface area contributed by atoms with Crippen LogP contribution < -0.4 is 0 Å². The first kappa shape index (κ1) is 8.19. The minimum Gasteiger partial charge on any atom is -0.293 e. The first-order valence-corrected chi connectivity index (χ1v) is 4.06. The molecule has 2 aromatic heterocycles. The molecule has 0 bridgehead atoms.